The third-order valence-corrected chi connectivity index (χ3v) is 4.95. The van der Waals surface area contributed by atoms with Crippen molar-refractivity contribution in [3.05, 3.63) is 94.6 Å². The first-order chi connectivity index (χ1) is 14.0. The van der Waals surface area contributed by atoms with Crippen molar-refractivity contribution >= 4 is 23.2 Å². The summed E-state index contributed by atoms with van der Waals surface area (Å²) in [6.45, 7) is 4.01. The molecule has 0 radical (unpaired) electrons. The zero-order valence-electron chi connectivity index (χ0n) is 16.1. The summed E-state index contributed by atoms with van der Waals surface area (Å²) in [6.07, 6.45) is 1.70. The molecule has 29 heavy (non-hydrogen) atoms. The predicted octanol–water partition coefficient (Wildman–Crippen LogP) is 5.46. The Balaban J connectivity index is 1.56. The van der Waals surface area contributed by atoms with Gasteiger partial charge in [-0.15, -0.1) is 5.10 Å². The van der Waals surface area contributed by atoms with Gasteiger partial charge in [0.1, 0.15) is 0 Å². The van der Waals surface area contributed by atoms with Gasteiger partial charge in [-0.2, -0.15) is 0 Å². The van der Waals surface area contributed by atoms with Crippen LogP contribution in [0.5, 0.6) is 0 Å². The molecular weight excluding hydrogens is 384 g/mol. The normalized spacial score (nSPS) is 10.7. The highest BCUT2D eigenvalue weighted by atomic mass is 35.5. The number of nitrogens with one attached hydrogen (secondary N) is 1. The van der Waals surface area contributed by atoms with Crippen LogP contribution in [0.2, 0.25) is 5.02 Å². The summed E-state index contributed by atoms with van der Waals surface area (Å²) < 4.78 is 1.73. The summed E-state index contributed by atoms with van der Waals surface area (Å²) in [5.41, 5.74) is 6.19. The van der Waals surface area contributed by atoms with Crippen LogP contribution in [0.4, 0.5) is 5.69 Å². The van der Waals surface area contributed by atoms with Crippen molar-refractivity contribution in [1.82, 2.24) is 15.0 Å². The van der Waals surface area contributed by atoms with Gasteiger partial charge < -0.3 is 5.32 Å². The molecule has 0 unspecified atom stereocenters. The largest absolute Gasteiger partial charge is 0.322 e. The highest BCUT2D eigenvalue weighted by Gasteiger charge is 2.11. The second-order valence-corrected chi connectivity index (χ2v) is 7.29. The van der Waals surface area contributed by atoms with E-state index in [0.717, 1.165) is 33.8 Å². The van der Waals surface area contributed by atoms with Gasteiger partial charge in [-0.1, -0.05) is 46.6 Å². The van der Waals surface area contributed by atoms with E-state index in [9.17, 15) is 4.79 Å². The topological polar surface area (TPSA) is 59.8 Å². The molecule has 0 aliphatic heterocycles. The highest BCUT2D eigenvalue weighted by molar-refractivity contribution is 6.30. The number of rotatable bonds is 4. The SMILES string of the molecule is Cc1ccc(NC(=O)c2ccc(-n3nncc3-c3ccc(Cl)cc3)cc2)c(C)c1. The number of carbonyl (C=O) groups excluding carboxylic acids is 1. The average molecular weight is 403 g/mol. The Kier molecular flexibility index (Phi) is 5.14. The molecule has 144 valence electrons. The number of halogens is 1. The molecule has 0 aliphatic rings. The summed E-state index contributed by atoms with van der Waals surface area (Å²) in [6, 6.07) is 20.7. The summed E-state index contributed by atoms with van der Waals surface area (Å²) >= 11 is 5.98. The number of hydrogen-bond acceptors (Lipinski definition) is 3. The Hall–Kier alpha value is -3.44. The molecule has 4 aromatic rings. The summed E-state index contributed by atoms with van der Waals surface area (Å²) in [5, 5.41) is 11.8. The lowest BCUT2D eigenvalue weighted by molar-refractivity contribution is 0.102. The van der Waals surface area contributed by atoms with Gasteiger partial charge >= 0.3 is 0 Å². The molecule has 0 spiro atoms. The number of aryl methyl sites for hydroxylation is 2. The fraction of sp³-hybridized carbons (Fsp3) is 0.0870. The van der Waals surface area contributed by atoms with E-state index in [-0.39, 0.29) is 5.91 Å². The van der Waals surface area contributed by atoms with E-state index in [1.165, 1.54) is 0 Å². The zero-order valence-corrected chi connectivity index (χ0v) is 16.8. The third-order valence-electron chi connectivity index (χ3n) is 4.69. The molecule has 0 saturated carbocycles. The van der Waals surface area contributed by atoms with E-state index in [1.807, 2.05) is 68.4 Å². The molecule has 1 aromatic heterocycles. The first-order valence-corrected chi connectivity index (χ1v) is 9.55. The van der Waals surface area contributed by atoms with Crippen LogP contribution >= 0.6 is 11.6 Å². The molecule has 3 aromatic carbocycles. The van der Waals surface area contributed by atoms with Crippen LogP contribution in [0.15, 0.2) is 72.9 Å². The van der Waals surface area contributed by atoms with Crippen molar-refractivity contribution in [2.45, 2.75) is 13.8 Å². The maximum atomic E-state index is 12.6. The Bertz CT molecular complexity index is 1160. The van der Waals surface area contributed by atoms with Gasteiger partial charge in [0.25, 0.3) is 5.91 Å². The van der Waals surface area contributed by atoms with Crippen molar-refractivity contribution in [3.8, 4) is 16.9 Å². The third kappa shape index (κ3) is 4.05. The summed E-state index contributed by atoms with van der Waals surface area (Å²) in [5.74, 6) is -0.153. The smallest absolute Gasteiger partial charge is 0.255 e. The second-order valence-electron chi connectivity index (χ2n) is 6.86. The van der Waals surface area contributed by atoms with Crippen LogP contribution in [-0.2, 0) is 0 Å². The minimum Gasteiger partial charge on any atom is -0.322 e. The van der Waals surface area contributed by atoms with Crippen molar-refractivity contribution in [2.24, 2.45) is 0 Å². The van der Waals surface area contributed by atoms with Gasteiger partial charge in [-0.05, 0) is 61.9 Å². The monoisotopic (exact) mass is 402 g/mol. The molecule has 0 aliphatic carbocycles. The number of carbonyl (C=O) groups is 1. The quantitative estimate of drug-likeness (QED) is 0.493. The number of benzene rings is 3. The molecule has 1 heterocycles. The van der Waals surface area contributed by atoms with Crippen LogP contribution < -0.4 is 5.32 Å². The first kappa shape index (κ1) is 18.9. The van der Waals surface area contributed by atoms with Gasteiger partial charge in [0.2, 0.25) is 0 Å². The molecular formula is C23H19ClN4O. The van der Waals surface area contributed by atoms with Gasteiger partial charge in [0.15, 0.2) is 0 Å². The minimum absolute atomic E-state index is 0.153. The van der Waals surface area contributed by atoms with Gasteiger partial charge in [0.05, 0.1) is 17.6 Å². The fourth-order valence-corrected chi connectivity index (χ4v) is 3.27. The van der Waals surface area contributed by atoms with Gasteiger partial charge in [0, 0.05) is 21.8 Å². The van der Waals surface area contributed by atoms with E-state index in [4.69, 9.17) is 11.6 Å². The van der Waals surface area contributed by atoms with Gasteiger partial charge in [-0.3, -0.25) is 4.79 Å². The van der Waals surface area contributed by atoms with Crippen LogP contribution in [0.25, 0.3) is 16.9 Å². The van der Waals surface area contributed by atoms with Crippen molar-refractivity contribution in [2.75, 3.05) is 5.32 Å². The van der Waals surface area contributed by atoms with Crippen molar-refractivity contribution < 1.29 is 4.79 Å². The molecule has 0 atom stereocenters. The Morgan fingerprint density at radius 1 is 0.966 bits per heavy atom. The van der Waals surface area contributed by atoms with Crippen LogP contribution in [-0.4, -0.2) is 20.9 Å². The molecule has 0 fully saturated rings. The van der Waals surface area contributed by atoms with Gasteiger partial charge in [-0.25, -0.2) is 4.68 Å². The van der Waals surface area contributed by atoms with Crippen LogP contribution in [0, 0.1) is 13.8 Å². The van der Waals surface area contributed by atoms with Crippen molar-refractivity contribution in [1.29, 1.82) is 0 Å². The van der Waals surface area contributed by atoms with Crippen LogP contribution in [0.3, 0.4) is 0 Å². The summed E-state index contributed by atoms with van der Waals surface area (Å²) in [7, 11) is 0. The standard InChI is InChI=1S/C23H19ClN4O/c1-15-3-12-21(16(2)13-15)26-23(29)18-6-10-20(11-7-18)28-22(14-25-27-28)17-4-8-19(24)9-5-17/h3-14H,1-2H3,(H,26,29). The highest BCUT2D eigenvalue weighted by Crippen LogP contribution is 2.24. The summed E-state index contributed by atoms with van der Waals surface area (Å²) in [4.78, 5) is 12.6. The number of anilines is 1. The van der Waals surface area contributed by atoms with E-state index in [2.05, 4.69) is 15.6 Å². The number of nitrogens with zero attached hydrogens (tertiary/aromatic N) is 3. The predicted molar refractivity (Wildman–Crippen MR) is 116 cm³/mol. The molecule has 6 heteroatoms. The molecule has 1 N–H and O–H groups in total. The number of hydrogen-bond donors (Lipinski definition) is 1. The van der Waals surface area contributed by atoms with E-state index in [1.54, 1.807) is 23.0 Å². The Morgan fingerprint density at radius 3 is 2.38 bits per heavy atom. The van der Waals surface area contributed by atoms with Crippen LogP contribution in [0.1, 0.15) is 21.5 Å². The minimum atomic E-state index is -0.153. The first-order valence-electron chi connectivity index (χ1n) is 9.17. The van der Waals surface area contributed by atoms with E-state index >= 15 is 0 Å². The van der Waals surface area contributed by atoms with Crippen molar-refractivity contribution in [3.63, 3.8) is 0 Å². The van der Waals surface area contributed by atoms with E-state index < -0.39 is 0 Å². The Morgan fingerprint density at radius 2 is 1.69 bits per heavy atom. The lowest BCUT2D eigenvalue weighted by atomic mass is 10.1. The fourth-order valence-electron chi connectivity index (χ4n) is 3.15. The molecule has 0 saturated heterocycles. The Labute approximate surface area is 174 Å². The average Bonchev–Trinajstić information content (AvgIpc) is 3.20. The lowest BCUT2D eigenvalue weighted by Crippen LogP contribution is -2.13. The lowest BCUT2D eigenvalue weighted by Gasteiger charge is -2.10. The number of aromatic nitrogens is 3. The second kappa shape index (κ2) is 7.89. The molecule has 1 amide bonds. The molecule has 0 bridgehead atoms. The molecule has 5 nitrogen and oxygen atoms in total. The number of amides is 1. The van der Waals surface area contributed by atoms with E-state index in [0.29, 0.717) is 10.6 Å². The zero-order chi connectivity index (χ0) is 20.4. The molecule has 4 rings (SSSR count). The maximum absolute atomic E-state index is 12.6. The maximum Gasteiger partial charge on any atom is 0.255 e.